The predicted molar refractivity (Wildman–Crippen MR) is 72.9 cm³/mol. The van der Waals surface area contributed by atoms with Crippen LogP contribution in [-0.4, -0.2) is 10.2 Å². The Bertz CT molecular complexity index is 511. The fourth-order valence-corrected chi connectivity index (χ4v) is 2.44. The summed E-state index contributed by atoms with van der Waals surface area (Å²) in [4.78, 5) is 1.28. The first kappa shape index (κ1) is 12.3. The van der Waals surface area contributed by atoms with Gasteiger partial charge in [0.25, 0.3) is 0 Å². The Morgan fingerprint density at radius 3 is 2.71 bits per heavy atom. The van der Waals surface area contributed by atoms with Crippen LogP contribution in [0, 0.1) is 13.8 Å². The lowest BCUT2D eigenvalue weighted by Crippen LogP contribution is -2.09. The van der Waals surface area contributed by atoms with Gasteiger partial charge in [0.05, 0.1) is 6.04 Å². The molecule has 0 aromatic carbocycles. The fourth-order valence-electron chi connectivity index (χ4n) is 1.53. The summed E-state index contributed by atoms with van der Waals surface area (Å²) in [5.74, 6) is 0.799. The van der Waals surface area contributed by atoms with Crippen LogP contribution >= 0.6 is 22.9 Å². The van der Waals surface area contributed by atoms with E-state index in [2.05, 4.69) is 33.9 Å². The van der Waals surface area contributed by atoms with Crippen molar-refractivity contribution in [3.63, 3.8) is 0 Å². The summed E-state index contributed by atoms with van der Waals surface area (Å²) in [5.41, 5.74) is 2.02. The van der Waals surface area contributed by atoms with E-state index in [1.807, 2.05) is 19.9 Å². The quantitative estimate of drug-likeness (QED) is 0.914. The number of thiophene rings is 1. The predicted octanol–water partition coefficient (Wildman–Crippen LogP) is 3.98. The van der Waals surface area contributed by atoms with Gasteiger partial charge in [-0.05, 0) is 43.3 Å². The minimum Gasteiger partial charge on any atom is -0.361 e. The van der Waals surface area contributed by atoms with Crippen molar-refractivity contribution >= 4 is 28.8 Å². The van der Waals surface area contributed by atoms with E-state index in [9.17, 15) is 0 Å². The first-order valence-corrected chi connectivity index (χ1v) is 6.64. The highest BCUT2D eigenvalue weighted by molar-refractivity contribution is 7.10. The Hall–Kier alpha value is -1.13. The van der Waals surface area contributed by atoms with Gasteiger partial charge in [-0.2, -0.15) is 0 Å². The molecule has 3 nitrogen and oxygen atoms in total. The summed E-state index contributed by atoms with van der Waals surface area (Å²) in [5, 5.41) is 13.9. The van der Waals surface area contributed by atoms with Gasteiger partial charge in [-0.25, -0.2) is 0 Å². The third kappa shape index (κ3) is 2.58. The molecule has 0 fully saturated rings. The van der Waals surface area contributed by atoms with Crippen LogP contribution in [0.5, 0.6) is 0 Å². The van der Waals surface area contributed by atoms with Crippen LogP contribution in [0.4, 0.5) is 5.82 Å². The molecule has 17 heavy (non-hydrogen) atoms. The largest absolute Gasteiger partial charge is 0.361 e. The number of rotatable bonds is 3. The molecule has 1 unspecified atom stereocenters. The first-order valence-electron chi connectivity index (χ1n) is 5.39. The topological polar surface area (TPSA) is 37.8 Å². The van der Waals surface area contributed by atoms with Gasteiger partial charge in [0, 0.05) is 4.88 Å². The monoisotopic (exact) mass is 267 g/mol. The van der Waals surface area contributed by atoms with Gasteiger partial charge in [-0.15, -0.1) is 21.5 Å². The molecular weight excluding hydrogens is 254 g/mol. The second kappa shape index (κ2) is 5.02. The van der Waals surface area contributed by atoms with Crippen molar-refractivity contribution in [2.75, 3.05) is 5.32 Å². The minimum atomic E-state index is 0.226. The molecular formula is C12H14ClN3S. The van der Waals surface area contributed by atoms with Crippen molar-refractivity contribution in [1.29, 1.82) is 0 Å². The average molecular weight is 268 g/mol. The molecule has 2 heterocycles. The van der Waals surface area contributed by atoms with E-state index >= 15 is 0 Å². The van der Waals surface area contributed by atoms with Crippen LogP contribution in [0.3, 0.4) is 0 Å². The summed E-state index contributed by atoms with van der Waals surface area (Å²) >= 11 is 7.65. The van der Waals surface area contributed by atoms with Crippen LogP contribution in [-0.2, 0) is 0 Å². The smallest absolute Gasteiger partial charge is 0.155 e. The van der Waals surface area contributed by atoms with Gasteiger partial charge in [-0.3, -0.25) is 0 Å². The van der Waals surface area contributed by atoms with Gasteiger partial charge >= 0.3 is 0 Å². The SMILES string of the molecule is Cc1c(Cl)nnc(NC(C)c2cccs2)c1C. The molecule has 0 bridgehead atoms. The summed E-state index contributed by atoms with van der Waals surface area (Å²) in [6, 6.07) is 4.38. The van der Waals surface area contributed by atoms with Gasteiger partial charge in [-0.1, -0.05) is 17.7 Å². The van der Waals surface area contributed by atoms with Crippen molar-refractivity contribution in [2.45, 2.75) is 26.8 Å². The minimum absolute atomic E-state index is 0.226. The van der Waals surface area contributed by atoms with Gasteiger partial charge in [0.2, 0.25) is 0 Å². The molecule has 2 aromatic rings. The Balaban J connectivity index is 2.22. The summed E-state index contributed by atoms with van der Waals surface area (Å²) in [6.45, 7) is 6.06. The summed E-state index contributed by atoms with van der Waals surface area (Å²) in [6.07, 6.45) is 0. The number of hydrogen-bond donors (Lipinski definition) is 1. The lowest BCUT2D eigenvalue weighted by Gasteiger charge is -2.15. The Kier molecular flexibility index (Phi) is 3.64. The van der Waals surface area contributed by atoms with Crippen LogP contribution in [0.15, 0.2) is 17.5 Å². The van der Waals surface area contributed by atoms with Crippen LogP contribution in [0.1, 0.15) is 29.0 Å². The standard InChI is InChI=1S/C12H14ClN3S/c1-7-8(2)12(16-15-11(7)13)14-9(3)10-5-4-6-17-10/h4-6,9H,1-3H3,(H,14,16). The molecule has 0 aliphatic heterocycles. The lowest BCUT2D eigenvalue weighted by molar-refractivity contribution is 0.870. The van der Waals surface area contributed by atoms with E-state index in [4.69, 9.17) is 11.6 Å². The average Bonchev–Trinajstić information content (AvgIpc) is 2.83. The molecule has 0 radical (unpaired) electrons. The zero-order chi connectivity index (χ0) is 12.4. The Morgan fingerprint density at radius 2 is 2.06 bits per heavy atom. The first-order chi connectivity index (χ1) is 8.09. The van der Waals surface area contributed by atoms with E-state index in [-0.39, 0.29) is 6.04 Å². The summed E-state index contributed by atoms with van der Waals surface area (Å²) in [7, 11) is 0. The third-order valence-corrected chi connectivity index (χ3v) is 4.20. The summed E-state index contributed by atoms with van der Waals surface area (Å²) < 4.78 is 0. The molecule has 1 N–H and O–H groups in total. The Labute approximate surface area is 110 Å². The molecule has 2 aromatic heterocycles. The normalized spacial score (nSPS) is 12.5. The zero-order valence-electron chi connectivity index (χ0n) is 9.99. The van der Waals surface area contributed by atoms with E-state index < -0.39 is 0 Å². The highest BCUT2D eigenvalue weighted by atomic mass is 35.5. The van der Waals surface area contributed by atoms with Gasteiger partial charge in [0.15, 0.2) is 11.0 Å². The second-order valence-corrected chi connectivity index (χ2v) is 5.31. The molecule has 90 valence electrons. The number of anilines is 1. The highest BCUT2D eigenvalue weighted by Crippen LogP contribution is 2.26. The van der Waals surface area contributed by atoms with E-state index in [1.165, 1.54) is 4.88 Å². The lowest BCUT2D eigenvalue weighted by atomic mass is 10.2. The molecule has 0 amide bonds. The van der Waals surface area contributed by atoms with E-state index in [0.29, 0.717) is 5.15 Å². The molecule has 0 aliphatic rings. The van der Waals surface area contributed by atoms with Crippen LogP contribution in [0.25, 0.3) is 0 Å². The number of nitrogens with zero attached hydrogens (tertiary/aromatic N) is 2. The van der Waals surface area contributed by atoms with Crippen molar-refractivity contribution < 1.29 is 0 Å². The number of hydrogen-bond acceptors (Lipinski definition) is 4. The molecule has 5 heteroatoms. The highest BCUT2D eigenvalue weighted by Gasteiger charge is 2.12. The Morgan fingerprint density at radius 1 is 1.29 bits per heavy atom. The van der Waals surface area contributed by atoms with Gasteiger partial charge < -0.3 is 5.32 Å². The van der Waals surface area contributed by atoms with Crippen molar-refractivity contribution in [1.82, 2.24) is 10.2 Å². The molecule has 0 saturated heterocycles. The number of halogens is 1. The maximum absolute atomic E-state index is 5.92. The molecule has 0 saturated carbocycles. The van der Waals surface area contributed by atoms with Crippen molar-refractivity contribution in [3.05, 3.63) is 38.7 Å². The van der Waals surface area contributed by atoms with Crippen LogP contribution in [0.2, 0.25) is 5.15 Å². The van der Waals surface area contributed by atoms with Crippen molar-refractivity contribution in [3.8, 4) is 0 Å². The maximum Gasteiger partial charge on any atom is 0.155 e. The zero-order valence-corrected chi connectivity index (χ0v) is 11.6. The van der Waals surface area contributed by atoms with Gasteiger partial charge in [0.1, 0.15) is 0 Å². The maximum atomic E-state index is 5.92. The number of aromatic nitrogens is 2. The number of nitrogens with one attached hydrogen (secondary N) is 1. The molecule has 2 rings (SSSR count). The third-order valence-electron chi connectivity index (χ3n) is 2.79. The van der Waals surface area contributed by atoms with Crippen LogP contribution < -0.4 is 5.32 Å². The molecule has 1 atom stereocenters. The molecule has 0 spiro atoms. The molecule has 0 aliphatic carbocycles. The fraction of sp³-hybridized carbons (Fsp3) is 0.333. The second-order valence-electron chi connectivity index (χ2n) is 3.97. The van der Waals surface area contributed by atoms with E-state index in [0.717, 1.165) is 16.9 Å². The van der Waals surface area contributed by atoms with E-state index in [1.54, 1.807) is 11.3 Å². The van der Waals surface area contributed by atoms with Crippen molar-refractivity contribution in [2.24, 2.45) is 0 Å².